The normalized spacial score (nSPS) is 25.0. The number of piperidine rings is 1. The van der Waals surface area contributed by atoms with E-state index in [0.717, 1.165) is 36.1 Å². The lowest BCUT2D eigenvalue weighted by Gasteiger charge is -2.31. The van der Waals surface area contributed by atoms with Crippen LogP contribution < -0.4 is 5.32 Å². The molecule has 1 unspecified atom stereocenters. The molecule has 1 saturated heterocycles. The Labute approximate surface area is 116 Å². The van der Waals surface area contributed by atoms with E-state index in [9.17, 15) is 4.79 Å². The van der Waals surface area contributed by atoms with E-state index in [1.54, 1.807) is 0 Å². The summed E-state index contributed by atoms with van der Waals surface area (Å²) in [5.41, 5.74) is 2.16. The highest BCUT2D eigenvalue weighted by molar-refractivity contribution is 9.10. The molecule has 0 aliphatic carbocycles. The summed E-state index contributed by atoms with van der Waals surface area (Å²) < 4.78 is 1.02. The van der Waals surface area contributed by atoms with Crippen molar-refractivity contribution in [3.63, 3.8) is 0 Å². The number of carbonyl (C=O) groups excluding carboxylic acids is 1. The first kappa shape index (κ1) is 12.2. The molecule has 0 radical (unpaired) electrons. The molecule has 0 spiro atoms. The number of nitrogens with zero attached hydrogens (tertiary/aromatic N) is 1. The SMILES string of the molecule is CN1CCC(C2C(=O)Nc3cc(Br)ccc32)CC1. The minimum absolute atomic E-state index is 0.0572. The monoisotopic (exact) mass is 308 g/mol. The lowest BCUT2D eigenvalue weighted by atomic mass is 9.81. The molecule has 3 rings (SSSR count). The molecule has 1 aromatic carbocycles. The van der Waals surface area contributed by atoms with E-state index in [1.165, 1.54) is 5.56 Å². The molecule has 1 N–H and O–H groups in total. The third-order valence-electron chi connectivity index (χ3n) is 4.13. The molecule has 4 heteroatoms. The summed E-state index contributed by atoms with van der Waals surface area (Å²) in [6, 6.07) is 6.11. The largest absolute Gasteiger partial charge is 0.325 e. The van der Waals surface area contributed by atoms with Gasteiger partial charge in [-0.25, -0.2) is 0 Å². The number of hydrogen-bond acceptors (Lipinski definition) is 2. The van der Waals surface area contributed by atoms with Gasteiger partial charge in [0.2, 0.25) is 5.91 Å². The van der Waals surface area contributed by atoms with Gasteiger partial charge in [0.25, 0.3) is 0 Å². The predicted octanol–water partition coefficient (Wildman–Crippen LogP) is 2.83. The molecule has 2 heterocycles. The Morgan fingerprint density at radius 2 is 2.06 bits per heavy atom. The predicted molar refractivity (Wildman–Crippen MR) is 75.7 cm³/mol. The molecule has 0 saturated carbocycles. The summed E-state index contributed by atoms with van der Waals surface area (Å²) in [6.07, 6.45) is 2.23. The summed E-state index contributed by atoms with van der Waals surface area (Å²) >= 11 is 3.45. The minimum atomic E-state index is 0.0572. The van der Waals surface area contributed by atoms with E-state index < -0.39 is 0 Å². The highest BCUT2D eigenvalue weighted by atomic mass is 79.9. The van der Waals surface area contributed by atoms with Gasteiger partial charge in [-0.3, -0.25) is 4.79 Å². The zero-order valence-corrected chi connectivity index (χ0v) is 12.0. The van der Waals surface area contributed by atoms with Crippen LogP contribution in [0.25, 0.3) is 0 Å². The van der Waals surface area contributed by atoms with Gasteiger partial charge in [0.1, 0.15) is 0 Å². The Morgan fingerprint density at radius 3 is 2.78 bits per heavy atom. The van der Waals surface area contributed by atoms with Gasteiger partial charge in [0.15, 0.2) is 0 Å². The lowest BCUT2D eigenvalue weighted by Crippen LogP contribution is -2.34. The first-order valence-electron chi connectivity index (χ1n) is 6.44. The molecular weight excluding hydrogens is 292 g/mol. The topological polar surface area (TPSA) is 32.3 Å². The van der Waals surface area contributed by atoms with Crippen molar-refractivity contribution in [2.24, 2.45) is 5.92 Å². The first-order valence-corrected chi connectivity index (χ1v) is 7.23. The van der Waals surface area contributed by atoms with Crippen LogP contribution in [0.5, 0.6) is 0 Å². The zero-order chi connectivity index (χ0) is 12.7. The van der Waals surface area contributed by atoms with Gasteiger partial charge in [-0.15, -0.1) is 0 Å². The van der Waals surface area contributed by atoms with Crippen LogP contribution in [0.3, 0.4) is 0 Å². The van der Waals surface area contributed by atoms with Gasteiger partial charge < -0.3 is 10.2 Å². The van der Waals surface area contributed by atoms with Crippen LogP contribution in [-0.2, 0) is 4.79 Å². The van der Waals surface area contributed by atoms with E-state index in [2.05, 4.69) is 39.3 Å². The second kappa shape index (κ2) is 4.67. The van der Waals surface area contributed by atoms with E-state index >= 15 is 0 Å². The van der Waals surface area contributed by atoms with Crippen LogP contribution in [0.4, 0.5) is 5.69 Å². The maximum absolute atomic E-state index is 12.2. The standard InChI is InChI=1S/C14H17BrN2O/c1-17-6-4-9(5-7-17)13-11-3-2-10(15)8-12(11)16-14(13)18/h2-3,8-9,13H,4-7H2,1H3,(H,16,18). The summed E-state index contributed by atoms with van der Waals surface area (Å²) in [5, 5.41) is 3.01. The smallest absolute Gasteiger partial charge is 0.232 e. The summed E-state index contributed by atoms with van der Waals surface area (Å²) in [4.78, 5) is 14.5. The van der Waals surface area contributed by atoms with Crippen LogP contribution in [-0.4, -0.2) is 30.9 Å². The Balaban J connectivity index is 1.87. The number of nitrogens with one attached hydrogen (secondary N) is 1. The molecule has 1 atom stereocenters. The maximum Gasteiger partial charge on any atom is 0.232 e. The molecule has 96 valence electrons. The number of halogens is 1. The number of carbonyl (C=O) groups is 1. The van der Waals surface area contributed by atoms with Crippen LogP contribution in [0.15, 0.2) is 22.7 Å². The first-order chi connectivity index (χ1) is 8.65. The Kier molecular flexibility index (Phi) is 3.16. The van der Waals surface area contributed by atoms with Crippen molar-refractivity contribution in [3.05, 3.63) is 28.2 Å². The lowest BCUT2D eigenvalue weighted by molar-refractivity contribution is -0.118. The summed E-state index contributed by atoms with van der Waals surface area (Å²) in [6.45, 7) is 2.20. The van der Waals surface area contributed by atoms with Crippen molar-refractivity contribution in [1.82, 2.24) is 4.90 Å². The number of fused-ring (bicyclic) bond motifs is 1. The van der Waals surface area contributed by atoms with Gasteiger partial charge in [-0.2, -0.15) is 0 Å². The van der Waals surface area contributed by atoms with Crippen molar-refractivity contribution in [2.45, 2.75) is 18.8 Å². The fraction of sp³-hybridized carbons (Fsp3) is 0.500. The van der Waals surface area contributed by atoms with Gasteiger partial charge >= 0.3 is 0 Å². The van der Waals surface area contributed by atoms with Gasteiger partial charge in [0, 0.05) is 10.2 Å². The van der Waals surface area contributed by atoms with E-state index in [4.69, 9.17) is 0 Å². The van der Waals surface area contributed by atoms with E-state index in [1.807, 2.05) is 12.1 Å². The Bertz CT molecular complexity index is 481. The molecule has 1 amide bonds. The number of benzene rings is 1. The van der Waals surface area contributed by atoms with Crippen LogP contribution in [0.2, 0.25) is 0 Å². The molecule has 18 heavy (non-hydrogen) atoms. The molecule has 2 aliphatic heterocycles. The molecular formula is C14H17BrN2O. The Morgan fingerprint density at radius 1 is 1.33 bits per heavy atom. The Hall–Kier alpha value is -0.870. The molecule has 1 aromatic rings. The zero-order valence-electron chi connectivity index (χ0n) is 10.4. The van der Waals surface area contributed by atoms with Crippen LogP contribution >= 0.6 is 15.9 Å². The van der Waals surface area contributed by atoms with Gasteiger partial charge in [0.05, 0.1) is 5.92 Å². The highest BCUT2D eigenvalue weighted by Gasteiger charge is 2.37. The maximum atomic E-state index is 12.2. The third-order valence-corrected chi connectivity index (χ3v) is 4.62. The van der Waals surface area contributed by atoms with Crippen LogP contribution in [0, 0.1) is 5.92 Å². The van der Waals surface area contributed by atoms with Crippen molar-refractivity contribution in [1.29, 1.82) is 0 Å². The number of hydrogen-bond donors (Lipinski definition) is 1. The third kappa shape index (κ3) is 2.08. The summed E-state index contributed by atoms with van der Waals surface area (Å²) in [7, 11) is 2.15. The second-order valence-electron chi connectivity index (χ2n) is 5.34. The number of rotatable bonds is 1. The molecule has 0 aromatic heterocycles. The molecule has 3 nitrogen and oxygen atoms in total. The molecule has 1 fully saturated rings. The molecule has 2 aliphatic rings. The average Bonchev–Trinajstić information content (AvgIpc) is 2.65. The van der Waals surface area contributed by atoms with Crippen molar-refractivity contribution in [2.75, 3.05) is 25.5 Å². The van der Waals surface area contributed by atoms with E-state index in [-0.39, 0.29) is 11.8 Å². The quantitative estimate of drug-likeness (QED) is 0.865. The van der Waals surface area contributed by atoms with Crippen molar-refractivity contribution >= 4 is 27.5 Å². The number of anilines is 1. The minimum Gasteiger partial charge on any atom is -0.325 e. The fourth-order valence-corrected chi connectivity index (χ4v) is 3.45. The van der Waals surface area contributed by atoms with Crippen LogP contribution in [0.1, 0.15) is 24.3 Å². The molecule has 0 bridgehead atoms. The van der Waals surface area contributed by atoms with E-state index in [0.29, 0.717) is 5.92 Å². The highest BCUT2D eigenvalue weighted by Crippen LogP contribution is 2.42. The van der Waals surface area contributed by atoms with Gasteiger partial charge in [-0.05, 0) is 56.6 Å². The van der Waals surface area contributed by atoms with Crippen molar-refractivity contribution in [3.8, 4) is 0 Å². The van der Waals surface area contributed by atoms with Gasteiger partial charge in [-0.1, -0.05) is 22.0 Å². The number of amides is 1. The van der Waals surface area contributed by atoms with Crippen molar-refractivity contribution < 1.29 is 4.79 Å². The fourth-order valence-electron chi connectivity index (χ4n) is 3.09. The second-order valence-corrected chi connectivity index (χ2v) is 6.25. The average molecular weight is 309 g/mol. The summed E-state index contributed by atoms with van der Waals surface area (Å²) in [5.74, 6) is 0.725. The number of likely N-dealkylation sites (tertiary alicyclic amines) is 1.